The zero-order chi connectivity index (χ0) is 13.2. The van der Waals surface area contributed by atoms with Gasteiger partial charge in [-0.3, -0.25) is 4.90 Å². The van der Waals surface area contributed by atoms with Gasteiger partial charge in [0.2, 0.25) is 0 Å². The van der Waals surface area contributed by atoms with Crippen molar-refractivity contribution in [1.82, 2.24) is 4.90 Å². The van der Waals surface area contributed by atoms with Crippen LogP contribution in [0.4, 0.5) is 10.1 Å². The summed E-state index contributed by atoms with van der Waals surface area (Å²) in [5.74, 6) is 0.679. The molecular weight excluding hydrogens is 239 g/mol. The SMILES string of the molecule is Nc1ccc(F)cc1CN1CCC[C@H]2CCCC[C@H]21. The molecule has 2 nitrogen and oxygen atoms in total. The smallest absolute Gasteiger partial charge is 0.123 e. The molecule has 0 aromatic heterocycles. The summed E-state index contributed by atoms with van der Waals surface area (Å²) in [6.45, 7) is 1.95. The Bertz CT molecular complexity index is 444. The van der Waals surface area contributed by atoms with Gasteiger partial charge in [0.25, 0.3) is 0 Å². The molecule has 1 aliphatic carbocycles. The highest BCUT2D eigenvalue weighted by Gasteiger charge is 2.33. The van der Waals surface area contributed by atoms with E-state index in [1.165, 1.54) is 44.6 Å². The molecule has 1 heterocycles. The maximum Gasteiger partial charge on any atom is 0.123 e. The van der Waals surface area contributed by atoms with Crippen LogP contribution in [-0.4, -0.2) is 17.5 Å². The highest BCUT2D eigenvalue weighted by Crippen LogP contribution is 2.36. The zero-order valence-electron chi connectivity index (χ0n) is 11.4. The molecule has 1 aromatic carbocycles. The van der Waals surface area contributed by atoms with Crippen molar-refractivity contribution in [3.8, 4) is 0 Å². The number of fused-ring (bicyclic) bond motifs is 1. The first-order valence-electron chi connectivity index (χ1n) is 7.52. The van der Waals surface area contributed by atoms with Crippen LogP contribution in [0.1, 0.15) is 44.1 Å². The first-order chi connectivity index (χ1) is 9.24. The molecule has 2 N–H and O–H groups in total. The van der Waals surface area contributed by atoms with Crippen molar-refractivity contribution in [2.24, 2.45) is 5.92 Å². The van der Waals surface area contributed by atoms with Crippen molar-refractivity contribution in [2.45, 2.75) is 51.1 Å². The fourth-order valence-electron chi connectivity index (χ4n) is 3.85. The number of likely N-dealkylation sites (tertiary alicyclic amines) is 1. The molecule has 1 saturated heterocycles. The minimum Gasteiger partial charge on any atom is -0.398 e. The third-order valence-electron chi connectivity index (χ3n) is 4.84. The first-order valence-corrected chi connectivity index (χ1v) is 7.52. The van der Waals surface area contributed by atoms with Gasteiger partial charge in [-0.05, 0) is 61.9 Å². The summed E-state index contributed by atoms with van der Waals surface area (Å²) in [5, 5.41) is 0. The van der Waals surface area contributed by atoms with E-state index in [1.807, 2.05) is 0 Å². The van der Waals surface area contributed by atoms with E-state index in [1.54, 1.807) is 12.1 Å². The van der Waals surface area contributed by atoms with E-state index in [9.17, 15) is 4.39 Å². The van der Waals surface area contributed by atoms with Gasteiger partial charge in [-0.15, -0.1) is 0 Å². The number of nitrogen functional groups attached to an aromatic ring is 1. The number of anilines is 1. The van der Waals surface area contributed by atoms with Crippen LogP contribution in [0.15, 0.2) is 18.2 Å². The van der Waals surface area contributed by atoms with E-state index < -0.39 is 0 Å². The number of hydrogen-bond donors (Lipinski definition) is 1. The third-order valence-corrected chi connectivity index (χ3v) is 4.84. The molecule has 3 heteroatoms. The summed E-state index contributed by atoms with van der Waals surface area (Å²) in [6.07, 6.45) is 8.06. The van der Waals surface area contributed by atoms with Crippen LogP contribution >= 0.6 is 0 Å². The van der Waals surface area contributed by atoms with Crippen molar-refractivity contribution in [3.05, 3.63) is 29.6 Å². The number of hydrogen-bond acceptors (Lipinski definition) is 2. The molecule has 0 spiro atoms. The van der Waals surface area contributed by atoms with Crippen LogP contribution in [0.2, 0.25) is 0 Å². The number of benzene rings is 1. The first kappa shape index (κ1) is 12.9. The average Bonchev–Trinajstić information content (AvgIpc) is 2.43. The molecule has 1 aliphatic heterocycles. The Kier molecular flexibility index (Phi) is 3.74. The second-order valence-corrected chi connectivity index (χ2v) is 6.07. The maximum absolute atomic E-state index is 13.4. The lowest BCUT2D eigenvalue weighted by molar-refractivity contribution is 0.0548. The lowest BCUT2D eigenvalue weighted by atomic mass is 9.78. The average molecular weight is 262 g/mol. The van der Waals surface area contributed by atoms with Crippen LogP contribution in [0.25, 0.3) is 0 Å². The summed E-state index contributed by atoms with van der Waals surface area (Å²) in [7, 11) is 0. The van der Waals surface area contributed by atoms with Crippen LogP contribution < -0.4 is 5.73 Å². The predicted octanol–water partition coefficient (Wildman–Crippen LogP) is 3.56. The molecule has 104 valence electrons. The van der Waals surface area contributed by atoms with E-state index in [0.29, 0.717) is 6.04 Å². The Morgan fingerprint density at radius 3 is 2.84 bits per heavy atom. The molecule has 1 aromatic rings. The topological polar surface area (TPSA) is 29.3 Å². The van der Waals surface area contributed by atoms with Gasteiger partial charge in [-0.1, -0.05) is 12.8 Å². The Labute approximate surface area is 114 Å². The highest BCUT2D eigenvalue weighted by molar-refractivity contribution is 5.46. The second kappa shape index (κ2) is 5.49. The van der Waals surface area contributed by atoms with Crippen molar-refractivity contribution < 1.29 is 4.39 Å². The van der Waals surface area contributed by atoms with Crippen LogP contribution in [-0.2, 0) is 6.54 Å². The molecular formula is C16H23FN2. The molecule has 0 amide bonds. The number of nitrogens with two attached hydrogens (primary N) is 1. The second-order valence-electron chi connectivity index (χ2n) is 6.07. The van der Waals surface area contributed by atoms with Crippen LogP contribution in [0.3, 0.4) is 0 Å². The molecule has 1 saturated carbocycles. The van der Waals surface area contributed by atoms with Gasteiger partial charge in [0.05, 0.1) is 0 Å². The zero-order valence-corrected chi connectivity index (χ0v) is 11.4. The van der Waals surface area contributed by atoms with E-state index in [2.05, 4.69) is 4.90 Å². The predicted molar refractivity (Wildman–Crippen MR) is 76.2 cm³/mol. The molecule has 2 atom stereocenters. The quantitative estimate of drug-likeness (QED) is 0.826. The normalized spacial score (nSPS) is 28.1. The fourth-order valence-corrected chi connectivity index (χ4v) is 3.85. The molecule has 0 bridgehead atoms. The number of nitrogens with zero attached hydrogens (tertiary/aromatic N) is 1. The van der Waals surface area contributed by atoms with Crippen molar-refractivity contribution in [3.63, 3.8) is 0 Å². The number of halogens is 1. The summed E-state index contributed by atoms with van der Waals surface area (Å²) in [5.41, 5.74) is 7.65. The summed E-state index contributed by atoms with van der Waals surface area (Å²) in [6, 6.07) is 5.43. The van der Waals surface area contributed by atoms with E-state index >= 15 is 0 Å². The monoisotopic (exact) mass is 262 g/mol. The lowest BCUT2D eigenvalue weighted by Gasteiger charge is -2.44. The van der Waals surface area contributed by atoms with E-state index in [4.69, 9.17) is 5.73 Å². The van der Waals surface area contributed by atoms with Crippen molar-refractivity contribution in [1.29, 1.82) is 0 Å². The fraction of sp³-hybridized carbons (Fsp3) is 0.625. The van der Waals surface area contributed by atoms with E-state index in [0.717, 1.165) is 30.3 Å². The Hall–Kier alpha value is -1.09. The summed E-state index contributed by atoms with van der Waals surface area (Å²) >= 11 is 0. The third kappa shape index (κ3) is 2.76. The summed E-state index contributed by atoms with van der Waals surface area (Å²) in [4.78, 5) is 2.54. The number of piperidine rings is 1. The van der Waals surface area contributed by atoms with Gasteiger partial charge in [-0.2, -0.15) is 0 Å². The van der Waals surface area contributed by atoms with Gasteiger partial charge in [0, 0.05) is 18.3 Å². The minimum atomic E-state index is -0.179. The van der Waals surface area contributed by atoms with Crippen molar-refractivity contribution in [2.75, 3.05) is 12.3 Å². The van der Waals surface area contributed by atoms with Crippen LogP contribution in [0.5, 0.6) is 0 Å². The summed E-state index contributed by atoms with van der Waals surface area (Å²) < 4.78 is 13.4. The van der Waals surface area contributed by atoms with Crippen LogP contribution in [0, 0.1) is 11.7 Å². The van der Waals surface area contributed by atoms with Gasteiger partial charge in [0.15, 0.2) is 0 Å². The van der Waals surface area contributed by atoms with Crippen molar-refractivity contribution >= 4 is 5.69 Å². The van der Waals surface area contributed by atoms with Gasteiger partial charge < -0.3 is 5.73 Å². The van der Waals surface area contributed by atoms with Gasteiger partial charge in [0.1, 0.15) is 5.82 Å². The Morgan fingerprint density at radius 2 is 1.95 bits per heavy atom. The number of rotatable bonds is 2. The Morgan fingerprint density at radius 1 is 1.16 bits per heavy atom. The standard InChI is InChI=1S/C16H23FN2/c17-14-7-8-15(18)13(10-14)11-19-9-3-5-12-4-1-2-6-16(12)19/h7-8,10,12,16H,1-6,9,11,18H2/t12-,16-/m1/s1. The molecule has 19 heavy (non-hydrogen) atoms. The van der Waals surface area contributed by atoms with Gasteiger partial charge >= 0.3 is 0 Å². The van der Waals surface area contributed by atoms with Gasteiger partial charge in [-0.25, -0.2) is 4.39 Å². The molecule has 2 aliphatic rings. The molecule has 2 fully saturated rings. The minimum absolute atomic E-state index is 0.179. The highest BCUT2D eigenvalue weighted by atomic mass is 19.1. The van der Waals surface area contributed by atoms with E-state index in [-0.39, 0.29) is 5.82 Å². The lowest BCUT2D eigenvalue weighted by Crippen LogP contribution is -2.46. The largest absolute Gasteiger partial charge is 0.398 e. The maximum atomic E-state index is 13.4. The molecule has 0 unspecified atom stereocenters. The Balaban J connectivity index is 1.75. The molecule has 3 rings (SSSR count). The molecule has 0 radical (unpaired) electrons.